The number of rotatable bonds is 8. The molecule has 0 bridgehead atoms. The van der Waals surface area contributed by atoms with E-state index in [1.54, 1.807) is 18.4 Å². The Morgan fingerprint density at radius 2 is 2.14 bits per heavy atom. The number of aliphatic carboxylic acids is 1. The van der Waals surface area contributed by atoms with E-state index >= 15 is 0 Å². The lowest BCUT2D eigenvalue weighted by Gasteiger charge is -2.16. The highest BCUT2D eigenvalue weighted by Crippen LogP contribution is 2.19. The van der Waals surface area contributed by atoms with Crippen molar-refractivity contribution in [2.45, 2.75) is 17.6 Å². The van der Waals surface area contributed by atoms with Crippen molar-refractivity contribution in [2.75, 3.05) is 20.1 Å². The smallest absolute Gasteiger partial charge is 0.303 e. The Bertz CT molecular complexity index is 583. The molecular weight excluding hydrogens is 316 g/mol. The van der Waals surface area contributed by atoms with Crippen LogP contribution in [0.1, 0.15) is 13.3 Å². The molecule has 1 amide bonds. The Hall–Kier alpha value is -1.45. The lowest BCUT2D eigenvalue weighted by Crippen LogP contribution is -2.39. The van der Waals surface area contributed by atoms with Crippen molar-refractivity contribution in [1.82, 2.24) is 9.62 Å². The Morgan fingerprint density at radius 3 is 2.67 bits per heavy atom. The van der Waals surface area contributed by atoms with Crippen molar-refractivity contribution in [3.63, 3.8) is 0 Å². The van der Waals surface area contributed by atoms with Gasteiger partial charge in [-0.25, -0.2) is 8.42 Å². The number of carbonyl (C=O) groups excluding carboxylic acids is 1. The van der Waals surface area contributed by atoms with Crippen LogP contribution in [0.4, 0.5) is 0 Å². The van der Waals surface area contributed by atoms with Gasteiger partial charge in [0.2, 0.25) is 5.91 Å². The Labute approximate surface area is 127 Å². The molecule has 0 aliphatic rings. The fraction of sp³-hybridized carbons (Fsp3) is 0.500. The number of carboxylic acid groups (broad SMARTS) is 1. The Balaban J connectivity index is 2.49. The minimum Gasteiger partial charge on any atom is -0.481 e. The maximum Gasteiger partial charge on any atom is 0.303 e. The van der Waals surface area contributed by atoms with Crippen LogP contribution in [0.2, 0.25) is 0 Å². The first kappa shape index (κ1) is 17.6. The second-order valence-corrected chi connectivity index (χ2v) is 7.92. The van der Waals surface area contributed by atoms with Crippen molar-refractivity contribution in [3.8, 4) is 0 Å². The van der Waals surface area contributed by atoms with Gasteiger partial charge in [0, 0.05) is 20.0 Å². The third kappa shape index (κ3) is 5.44. The van der Waals surface area contributed by atoms with Crippen LogP contribution in [0.25, 0.3) is 0 Å². The van der Waals surface area contributed by atoms with E-state index in [1.807, 2.05) is 0 Å². The summed E-state index contributed by atoms with van der Waals surface area (Å²) in [6.45, 7) is 1.58. The summed E-state index contributed by atoms with van der Waals surface area (Å²) in [5.41, 5.74) is 0. The first-order valence-corrected chi connectivity index (χ1v) is 8.53. The van der Waals surface area contributed by atoms with Crippen molar-refractivity contribution in [3.05, 3.63) is 17.5 Å². The number of sulfonamides is 1. The average molecular weight is 334 g/mol. The van der Waals surface area contributed by atoms with E-state index < -0.39 is 21.9 Å². The van der Waals surface area contributed by atoms with Crippen LogP contribution < -0.4 is 5.32 Å². The van der Waals surface area contributed by atoms with E-state index in [0.29, 0.717) is 0 Å². The number of amides is 1. The first-order chi connectivity index (χ1) is 9.73. The zero-order chi connectivity index (χ0) is 16.0. The second-order valence-electron chi connectivity index (χ2n) is 4.70. The van der Waals surface area contributed by atoms with Gasteiger partial charge in [0.05, 0.1) is 6.54 Å². The van der Waals surface area contributed by atoms with Crippen molar-refractivity contribution in [1.29, 1.82) is 0 Å². The highest BCUT2D eigenvalue weighted by Gasteiger charge is 2.23. The molecule has 0 aromatic carbocycles. The van der Waals surface area contributed by atoms with Gasteiger partial charge in [0.15, 0.2) is 0 Å². The molecule has 0 radical (unpaired) electrons. The van der Waals surface area contributed by atoms with Crippen LogP contribution in [0, 0.1) is 5.92 Å². The molecule has 0 aliphatic heterocycles. The van der Waals surface area contributed by atoms with Crippen LogP contribution in [-0.2, 0) is 19.6 Å². The molecule has 0 aliphatic carbocycles. The maximum atomic E-state index is 12.1. The molecule has 0 saturated carbocycles. The van der Waals surface area contributed by atoms with E-state index in [-0.39, 0.29) is 29.6 Å². The molecular formula is C12H18N2O5S2. The topological polar surface area (TPSA) is 104 Å². The third-order valence-electron chi connectivity index (χ3n) is 2.70. The predicted molar refractivity (Wildman–Crippen MR) is 78.6 cm³/mol. The molecule has 7 nitrogen and oxygen atoms in total. The van der Waals surface area contributed by atoms with Gasteiger partial charge in [-0.1, -0.05) is 13.0 Å². The second kappa shape index (κ2) is 7.53. The molecule has 1 atom stereocenters. The van der Waals surface area contributed by atoms with Crippen LogP contribution in [0.5, 0.6) is 0 Å². The summed E-state index contributed by atoms with van der Waals surface area (Å²) in [5, 5.41) is 12.8. The van der Waals surface area contributed by atoms with Gasteiger partial charge in [-0.05, 0) is 17.4 Å². The third-order valence-corrected chi connectivity index (χ3v) is 5.87. The summed E-state index contributed by atoms with van der Waals surface area (Å²) in [5.74, 6) is -1.62. The molecule has 1 aromatic heterocycles. The van der Waals surface area contributed by atoms with E-state index in [4.69, 9.17) is 5.11 Å². The number of nitrogens with zero attached hydrogens (tertiary/aromatic N) is 1. The normalized spacial score (nSPS) is 13.1. The summed E-state index contributed by atoms with van der Waals surface area (Å²) in [6, 6.07) is 3.10. The SMILES string of the molecule is CC(CNC(=O)CN(C)S(=O)(=O)c1cccs1)CC(=O)O. The number of nitrogens with one attached hydrogen (secondary N) is 1. The van der Waals surface area contributed by atoms with Crippen LogP contribution in [0.15, 0.2) is 21.7 Å². The molecule has 0 saturated heterocycles. The molecule has 1 rings (SSSR count). The highest BCUT2D eigenvalue weighted by molar-refractivity contribution is 7.91. The van der Waals surface area contributed by atoms with Gasteiger partial charge in [0.1, 0.15) is 4.21 Å². The van der Waals surface area contributed by atoms with Gasteiger partial charge >= 0.3 is 5.97 Å². The van der Waals surface area contributed by atoms with Gasteiger partial charge in [-0.2, -0.15) is 4.31 Å². The van der Waals surface area contributed by atoms with E-state index in [9.17, 15) is 18.0 Å². The number of carbonyl (C=O) groups is 2. The number of likely N-dealkylation sites (N-methyl/N-ethyl adjacent to an activating group) is 1. The zero-order valence-corrected chi connectivity index (χ0v) is 13.4. The largest absolute Gasteiger partial charge is 0.481 e. The van der Waals surface area contributed by atoms with E-state index in [2.05, 4.69) is 5.32 Å². The van der Waals surface area contributed by atoms with E-state index in [0.717, 1.165) is 15.6 Å². The average Bonchev–Trinajstić information content (AvgIpc) is 2.89. The summed E-state index contributed by atoms with van der Waals surface area (Å²) >= 11 is 1.08. The minimum absolute atomic E-state index is 0.0520. The molecule has 118 valence electrons. The molecule has 21 heavy (non-hydrogen) atoms. The molecule has 1 unspecified atom stereocenters. The number of hydrogen-bond donors (Lipinski definition) is 2. The lowest BCUT2D eigenvalue weighted by molar-refractivity contribution is -0.138. The van der Waals surface area contributed by atoms with Gasteiger partial charge in [-0.15, -0.1) is 11.3 Å². The monoisotopic (exact) mass is 334 g/mol. The van der Waals surface area contributed by atoms with E-state index in [1.165, 1.54) is 13.1 Å². The van der Waals surface area contributed by atoms with Crippen molar-refractivity contribution >= 4 is 33.2 Å². The summed E-state index contributed by atoms with van der Waals surface area (Å²) < 4.78 is 25.3. The maximum absolute atomic E-state index is 12.1. The van der Waals surface area contributed by atoms with Gasteiger partial charge in [0.25, 0.3) is 10.0 Å². The minimum atomic E-state index is -3.65. The molecule has 1 aromatic rings. The standard InChI is InChI=1S/C12H18N2O5S2/c1-9(6-11(16)17)7-13-10(15)8-14(2)21(18,19)12-4-3-5-20-12/h3-5,9H,6-8H2,1-2H3,(H,13,15)(H,16,17). The number of hydrogen-bond acceptors (Lipinski definition) is 5. The molecule has 1 heterocycles. The summed E-state index contributed by atoms with van der Waals surface area (Å²) in [4.78, 5) is 22.2. The number of carboxylic acids is 1. The van der Waals surface area contributed by atoms with Crippen molar-refractivity contribution in [2.24, 2.45) is 5.92 Å². The van der Waals surface area contributed by atoms with Gasteiger partial charge < -0.3 is 10.4 Å². The fourth-order valence-corrected chi connectivity index (χ4v) is 3.89. The van der Waals surface area contributed by atoms with Gasteiger partial charge in [-0.3, -0.25) is 9.59 Å². The quantitative estimate of drug-likeness (QED) is 0.724. The molecule has 9 heteroatoms. The molecule has 0 fully saturated rings. The lowest BCUT2D eigenvalue weighted by atomic mass is 10.1. The molecule has 0 spiro atoms. The van der Waals surface area contributed by atoms with Crippen LogP contribution >= 0.6 is 11.3 Å². The Morgan fingerprint density at radius 1 is 1.48 bits per heavy atom. The fourth-order valence-electron chi connectivity index (χ4n) is 1.57. The predicted octanol–water partition coefficient (Wildman–Crippen LogP) is 0.596. The van der Waals surface area contributed by atoms with Crippen LogP contribution in [-0.4, -0.2) is 49.8 Å². The summed E-state index contributed by atoms with van der Waals surface area (Å²) in [7, 11) is -2.32. The number of thiophene rings is 1. The molecule has 2 N–H and O–H groups in total. The first-order valence-electron chi connectivity index (χ1n) is 6.22. The highest BCUT2D eigenvalue weighted by atomic mass is 32.2. The Kier molecular flexibility index (Phi) is 6.31. The summed E-state index contributed by atoms with van der Waals surface area (Å²) in [6.07, 6.45) is -0.0520. The van der Waals surface area contributed by atoms with Crippen molar-refractivity contribution < 1.29 is 23.1 Å². The van der Waals surface area contributed by atoms with Crippen LogP contribution in [0.3, 0.4) is 0 Å². The zero-order valence-electron chi connectivity index (χ0n) is 11.8.